The quantitative estimate of drug-likeness (QED) is 0.0342. The van der Waals surface area contributed by atoms with Gasteiger partial charge in [-0.3, -0.25) is 28.8 Å². The van der Waals surface area contributed by atoms with Crippen LogP contribution in [0.2, 0.25) is 0 Å². The molecule has 0 radical (unpaired) electrons. The number of ether oxygens (including phenoxy) is 2. The lowest BCUT2D eigenvalue weighted by Crippen LogP contribution is -2.53. The third kappa shape index (κ3) is 19.4. The van der Waals surface area contributed by atoms with Crippen LogP contribution in [-0.2, 0) is 38.2 Å². The lowest BCUT2D eigenvalue weighted by Gasteiger charge is -2.36. The second kappa shape index (κ2) is 29.2. The minimum Gasteiger partial charge on any atom is -0.454 e. The highest BCUT2D eigenvalue weighted by Crippen LogP contribution is 2.42. The van der Waals surface area contributed by atoms with Crippen molar-refractivity contribution in [3.8, 4) is 0 Å². The number of aliphatic hydroxyl groups is 5. The number of rotatable bonds is 27. The molecule has 14 nitrogen and oxygen atoms in total. The van der Waals surface area contributed by atoms with Gasteiger partial charge in [0.2, 0.25) is 5.91 Å². The number of amides is 1. The number of nitrogens with one attached hydrogen (secondary N) is 1. The van der Waals surface area contributed by atoms with Crippen molar-refractivity contribution in [2.45, 2.75) is 145 Å². The number of Topliss-reactive ketones (excluding diaryl/α,β-unsaturated/α-hetero) is 3. The van der Waals surface area contributed by atoms with Crippen molar-refractivity contribution >= 4 is 35.2 Å². The minimum atomic E-state index is -1.35. The summed E-state index contributed by atoms with van der Waals surface area (Å²) in [6.45, 7) is 18.4. The molecule has 0 heterocycles. The van der Waals surface area contributed by atoms with Crippen molar-refractivity contribution in [3.63, 3.8) is 0 Å². The average molecular weight is 1000 g/mol. The molecule has 72 heavy (non-hydrogen) atoms. The standard InChI is InChI=1S/C58H81NO13/c1-12-58(37-63,38-64)59-50(66)28-30-52(68)72-49-33-56(10,11)47(44(7)54(49)70)27-24-42(5)22-16-20-40(3)18-14-13-17-39(2)19-15-21-41(4)23-26-46-43(6)53(69)48(32-55(46,8)9)71-51(67)29-25-45(65)31-57(34-60,35-61)36-62/h13-24,26-27,48-49,60-64H,12,25,28-38H2,1-11H3,(H,59,66)/b14-13+,19-15+,20-16+,26-23+,27-24+,39-17+,40-18+,41-21+,42-22+. The molecule has 2 aliphatic carbocycles. The Bertz CT molecular complexity index is 2140. The second-order valence-corrected chi connectivity index (χ2v) is 20.5. The van der Waals surface area contributed by atoms with E-state index in [9.17, 15) is 54.3 Å². The Balaban J connectivity index is 1.96. The number of hydrogen-bond donors (Lipinski definition) is 6. The van der Waals surface area contributed by atoms with Crippen LogP contribution in [-0.4, -0.2) is 112 Å². The van der Waals surface area contributed by atoms with Crippen molar-refractivity contribution in [2.24, 2.45) is 16.2 Å². The van der Waals surface area contributed by atoms with Crippen LogP contribution in [0.15, 0.2) is 130 Å². The van der Waals surface area contributed by atoms with Gasteiger partial charge in [0.25, 0.3) is 0 Å². The topological polar surface area (TPSA) is 234 Å². The monoisotopic (exact) mass is 1000 g/mol. The Kier molecular flexibility index (Phi) is 25.3. The molecule has 2 unspecified atom stereocenters. The molecule has 0 fully saturated rings. The maximum absolute atomic E-state index is 13.3. The second-order valence-electron chi connectivity index (χ2n) is 20.5. The van der Waals surface area contributed by atoms with Gasteiger partial charge in [0.15, 0.2) is 23.8 Å². The van der Waals surface area contributed by atoms with Crippen LogP contribution < -0.4 is 5.32 Å². The van der Waals surface area contributed by atoms with E-state index in [0.29, 0.717) is 17.6 Å². The van der Waals surface area contributed by atoms with E-state index in [-0.39, 0.29) is 56.5 Å². The molecule has 0 bridgehead atoms. The van der Waals surface area contributed by atoms with Crippen molar-refractivity contribution in [3.05, 3.63) is 130 Å². The fraction of sp³-hybridized carbons (Fsp3) is 0.517. The fourth-order valence-corrected chi connectivity index (χ4v) is 8.27. The van der Waals surface area contributed by atoms with Crippen LogP contribution in [0.4, 0.5) is 0 Å². The summed E-state index contributed by atoms with van der Waals surface area (Å²) in [5.41, 5.74) is 3.23. The normalized spacial score (nSPS) is 19.8. The zero-order valence-corrected chi connectivity index (χ0v) is 44.4. The van der Waals surface area contributed by atoms with Crippen LogP contribution in [0.5, 0.6) is 0 Å². The number of carbonyl (C=O) groups excluding carboxylic acids is 6. The zero-order chi connectivity index (χ0) is 54.5. The lowest BCUT2D eigenvalue weighted by atomic mass is 9.71. The highest BCUT2D eigenvalue weighted by atomic mass is 16.6. The van der Waals surface area contributed by atoms with Crippen molar-refractivity contribution < 1.29 is 63.8 Å². The summed E-state index contributed by atoms with van der Waals surface area (Å²) in [5, 5.41) is 50.2. The van der Waals surface area contributed by atoms with E-state index in [2.05, 4.69) is 5.32 Å². The third-order valence-corrected chi connectivity index (χ3v) is 13.2. The van der Waals surface area contributed by atoms with Gasteiger partial charge in [0, 0.05) is 37.5 Å². The Labute approximate surface area is 427 Å². The predicted molar refractivity (Wildman–Crippen MR) is 280 cm³/mol. The van der Waals surface area contributed by atoms with Crippen molar-refractivity contribution in [1.82, 2.24) is 5.32 Å². The SMILES string of the molecule is CCC(CO)(CO)NC(=O)CCC(=O)OC1CC(C)(C)C(/C=C/C(C)=C/C=C/C(C)=C/C=C/C=C(C)/C=C/C=C(C)/C=C/C2=C(C)C(=O)C(OC(=O)CCC(=O)CC(CO)(CO)CO)CC2(C)C)=C(C)C1=O. The Morgan fingerprint density at radius 2 is 0.958 bits per heavy atom. The number of esters is 2. The molecule has 1 amide bonds. The molecule has 0 aromatic carbocycles. The summed E-state index contributed by atoms with van der Waals surface area (Å²) in [6.07, 6.45) is 25.2. The minimum absolute atomic E-state index is 0.202. The maximum atomic E-state index is 13.3. The van der Waals surface area contributed by atoms with E-state index in [1.54, 1.807) is 20.8 Å². The molecular formula is C58H81NO13. The summed E-state index contributed by atoms with van der Waals surface area (Å²) >= 11 is 0. The van der Waals surface area contributed by atoms with Gasteiger partial charge in [0.1, 0.15) is 5.78 Å². The van der Waals surface area contributed by atoms with Gasteiger partial charge in [-0.05, 0) is 81.1 Å². The molecule has 0 aliphatic heterocycles. The average Bonchev–Trinajstić information content (AvgIpc) is 3.33. The molecule has 2 rings (SSSR count). The van der Waals surface area contributed by atoms with E-state index in [1.807, 2.05) is 140 Å². The van der Waals surface area contributed by atoms with Gasteiger partial charge >= 0.3 is 11.9 Å². The number of aliphatic hydroxyl groups excluding tert-OH is 5. The van der Waals surface area contributed by atoms with Crippen molar-refractivity contribution in [2.75, 3.05) is 33.0 Å². The first kappa shape index (κ1) is 62.5. The van der Waals surface area contributed by atoms with Crippen LogP contribution in [0, 0.1) is 16.2 Å². The lowest BCUT2D eigenvalue weighted by molar-refractivity contribution is -0.156. The summed E-state index contributed by atoms with van der Waals surface area (Å²) in [5.74, 6) is -2.85. The Morgan fingerprint density at radius 3 is 1.33 bits per heavy atom. The van der Waals surface area contributed by atoms with Gasteiger partial charge in [-0.25, -0.2) is 0 Å². The number of hydrogen-bond acceptors (Lipinski definition) is 13. The molecule has 6 N–H and O–H groups in total. The highest BCUT2D eigenvalue weighted by Gasteiger charge is 2.41. The smallest absolute Gasteiger partial charge is 0.307 e. The molecule has 0 aromatic rings. The number of carbonyl (C=O) groups is 6. The fourth-order valence-electron chi connectivity index (χ4n) is 8.27. The van der Waals surface area contributed by atoms with E-state index in [0.717, 1.165) is 33.4 Å². The summed E-state index contributed by atoms with van der Waals surface area (Å²) < 4.78 is 11.1. The van der Waals surface area contributed by atoms with E-state index in [4.69, 9.17) is 9.47 Å². The third-order valence-electron chi connectivity index (χ3n) is 13.2. The largest absolute Gasteiger partial charge is 0.454 e. The predicted octanol–water partition coefficient (Wildman–Crippen LogP) is 7.74. The highest BCUT2D eigenvalue weighted by molar-refractivity contribution is 6.02. The van der Waals surface area contributed by atoms with Gasteiger partial charge in [-0.2, -0.15) is 0 Å². The Morgan fingerprint density at radius 1 is 0.583 bits per heavy atom. The zero-order valence-electron chi connectivity index (χ0n) is 44.4. The summed E-state index contributed by atoms with van der Waals surface area (Å²) in [7, 11) is 0. The first-order valence-corrected chi connectivity index (χ1v) is 24.6. The van der Waals surface area contributed by atoms with Gasteiger partial charge in [0.05, 0.1) is 51.4 Å². The maximum Gasteiger partial charge on any atom is 0.307 e. The van der Waals surface area contributed by atoms with Crippen molar-refractivity contribution in [1.29, 1.82) is 0 Å². The van der Waals surface area contributed by atoms with Gasteiger partial charge < -0.3 is 40.3 Å². The molecular weight excluding hydrogens is 919 g/mol. The molecule has 0 aromatic heterocycles. The van der Waals surface area contributed by atoms with E-state index >= 15 is 0 Å². The van der Waals surface area contributed by atoms with Gasteiger partial charge in [-0.15, -0.1) is 0 Å². The van der Waals surface area contributed by atoms with Crippen LogP contribution in [0.3, 0.4) is 0 Å². The Hall–Kier alpha value is -5.64. The van der Waals surface area contributed by atoms with Crippen LogP contribution in [0.1, 0.15) is 128 Å². The first-order chi connectivity index (χ1) is 33.8. The summed E-state index contributed by atoms with van der Waals surface area (Å²) in [4.78, 5) is 76.7. The molecule has 396 valence electrons. The summed E-state index contributed by atoms with van der Waals surface area (Å²) in [6, 6.07) is 0. The first-order valence-electron chi connectivity index (χ1n) is 24.6. The molecule has 0 spiro atoms. The van der Waals surface area contributed by atoms with Gasteiger partial charge in [-0.1, -0.05) is 142 Å². The molecule has 2 aliphatic rings. The van der Waals surface area contributed by atoms with Crippen LogP contribution in [0.25, 0.3) is 0 Å². The number of allylic oxidation sites excluding steroid dienone is 20. The van der Waals surface area contributed by atoms with E-state index < -0.39 is 90.7 Å². The molecule has 0 saturated carbocycles. The van der Waals surface area contributed by atoms with E-state index in [1.165, 1.54) is 0 Å². The molecule has 14 heteroatoms. The molecule has 2 atom stereocenters. The number of ketones is 3. The van der Waals surface area contributed by atoms with Crippen LogP contribution >= 0.6 is 0 Å². The molecule has 0 saturated heterocycles.